The highest BCUT2D eigenvalue weighted by Gasteiger charge is 2.19. The van der Waals surface area contributed by atoms with Crippen molar-refractivity contribution in [1.29, 1.82) is 0 Å². The first-order valence-corrected chi connectivity index (χ1v) is 8.44. The van der Waals surface area contributed by atoms with Gasteiger partial charge in [-0.1, -0.05) is 6.07 Å². The number of nitrogens with one attached hydrogen (secondary N) is 1. The van der Waals surface area contributed by atoms with Crippen molar-refractivity contribution in [2.24, 2.45) is 0 Å². The van der Waals surface area contributed by atoms with Crippen molar-refractivity contribution in [3.63, 3.8) is 0 Å². The molecule has 0 bridgehead atoms. The van der Waals surface area contributed by atoms with Crippen molar-refractivity contribution in [1.82, 2.24) is 9.71 Å². The maximum Gasteiger partial charge on any atom is 0.241 e. The van der Waals surface area contributed by atoms with Crippen LogP contribution in [0.5, 0.6) is 5.75 Å². The Bertz CT molecular complexity index is 733. The minimum atomic E-state index is -3.62. The molecule has 5 nitrogen and oxygen atoms in total. The molecule has 0 fully saturated rings. The van der Waals surface area contributed by atoms with E-state index < -0.39 is 10.0 Å². The predicted molar refractivity (Wildman–Crippen MR) is 83.7 cm³/mol. The van der Waals surface area contributed by atoms with Crippen LogP contribution >= 0.6 is 15.9 Å². The molecule has 0 unspecified atom stereocenters. The van der Waals surface area contributed by atoms with Gasteiger partial charge in [-0.25, -0.2) is 13.1 Å². The molecule has 112 valence electrons. The highest BCUT2D eigenvalue weighted by atomic mass is 79.9. The summed E-state index contributed by atoms with van der Waals surface area (Å²) in [5.74, 6) is 0.474. The number of aromatic nitrogens is 1. The van der Waals surface area contributed by atoms with E-state index in [4.69, 9.17) is 4.74 Å². The van der Waals surface area contributed by atoms with Gasteiger partial charge in [0.05, 0.1) is 16.5 Å². The number of aryl methyl sites for hydroxylation is 1. The van der Waals surface area contributed by atoms with Crippen LogP contribution in [0.3, 0.4) is 0 Å². The van der Waals surface area contributed by atoms with Crippen LogP contribution in [0, 0.1) is 6.92 Å². The fourth-order valence-electron chi connectivity index (χ4n) is 1.84. The second-order valence-corrected chi connectivity index (χ2v) is 7.03. The van der Waals surface area contributed by atoms with E-state index in [1.54, 1.807) is 31.5 Å². The summed E-state index contributed by atoms with van der Waals surface area (Å²) in [6, 6.07) is 6.80. The molecule has 0 radical (unpaired) electrons. The molecule has 0 saturated carbocycles. The van der Waals surface area contributed by atoms with Crippen LogP contribution in [0.15, 0.2) is 46.0 Å². The molecular formula is C14H15BrN2O3S. The van der Waals surface area contributed by atoms with Crippen LogP contribution in [0.4, 0.5) is 0 Å². The first-order chi connectivity index (χ1) is 9.94. The molecule has 2 aromatic rings. The van der Waals surface area contributed by atoms with E-state index in [1.165, 1.54) is 13.2 Å². The number of methoxy groups -OCH3 is 1. The number of hydrogen-bond acceptors (Lipinski definition) is 4. The summed E-state index contributed by atoms with van der Waals surface area (Å²) in [6.45, 7) is 1.93. The fraction of sp³-hybridized carbons (Fsp3) is 0.214. The van der Waals surface area contributed by atoms with Crippen molar-refractivity contribution < 1.29 is 13.2 Å². The Balaban J connectivity index is 2.27. The second-order valence-electron chi connectivity index (χ2n) is 4.44. The maximum atomic E-state index is 12.4. The summed E-state index contributed by atoms with van der Waals surface area (Å²) < 4.78 is 33.2. The number of pyridine rings is 1. The Morgan fingerprint density at radius 3 is 2.76 bits per heavy atom. The average molecular weight is 371 g/mol. The van der Waals surface area contributed by atoms with Gasteiger partial charge in [0.1, 0.15) is 5.75 Å². The summed E-state index contributed by atoms with van der Waals surface area (Å²) in [5, 5.41) is 0. The van der Waals surface area contributed by atoms with Gasteiger partial charge in [-0.15, -0.1) is 0 Å². The first kappa shape index (κ1) is 15.9. The number of halogens is 1. The van der Waals surface area contributed by atoms with Crippen molar-refractivity contribution in [3.8, 4) is 5.75 Å². The van der Waals surface area contributed by atoms with E-state index in [2.05, 4.69) is 25.6 Å². The van der Waals surface area contributed by atoms with Crippen LogP contribution in [-0.2, 0) is 16.6 Å². The number of ether oxygens (including phenoxy) is 1. The quantitative estimate of drug-likeness (QED) is 0.878. The third-order valence-electron chi connectivity index (χ3n) is 2.93. The topological polar surface area (TPSA) is 68.3 Å². The number of nitrogens with zero attached hydrogens (tertiary/aromatic N) is 1. The van der Waals surface area contributed by atoms with E-state index >= 15 is 0 Å². The van der Waals surface area contributed by atoms with Crippen LogP contribution in [0.25, 0.3) is 0 Å². The highest BCUT2D eigenvalue weighted by Crippen LogP contribution is 2.30. The Morgan fingerprint density at radius 2 is 2.14 bits per heavy atom. The Kier molecular flexibility index (Phi) is 4.97. The fourth-order valence-corrected chi connectivity index (χ4v) is 3.72. The first-order valence-electron chi connectivity index (χ1n) is 6.17. The summed E-state index contributed by atoms with van der Waals surface area (Å²) in [7, 11) is -2.12. The van der Waals surface area contributed by atoms with Gasteiger partial charge < -0.3 is 4.74 Å². The van der Waals surface area contributed by atoms with Crippen LogP contribution in [0.1, 0.15) is 11.1 Å². The lowest BCUT2D eigenvalue weighted by molar-refractivity contribution is 0.410. The molecule has 0 saturated heterocycles. The summed E-state index contributed by atoms with van der Waals surface area (Å²) >= 11 is 3.34. The molecule has 1 aromatic heterocycles. The molecule has 1 heterocycles. The smallest absolute Gasteiger partial charge is 0.241 e. The monoisotopic (exact) mass is 370 g/mol. The minimum Gasteiger partial charge on any atom is -0.496 e. The number of benzene rings is 1. The molecule has 0 aliphatic rings. The van der Waals surface area contributed by atoms with Gasteiger partial charge in [0.2, 0.25) is 10.0 Å². The van der Waals surface area contributed by atoms with Gasteiger partial charge in [0.15, 0.2) is 0 Å². The van der Waals surface area contributed by atoms with Gasteiger partial charge in [0.25, 0.3) is 0 Å². The van der Waals surface area contributed by atoms with Crippen molar-refractivity contribution in [2.45, 2.75) is 18.4 Å². The summed E-state index contributed by atoms with van der Waals surface area (Å²) in [4.78, 5) is 4.15. The lowest BCUT2D eigenvalue weighted by Crippen LogP contribution is -2.24. The van der Waals surface area contributed by atoms with Crippen LogP contribution < -0.4 is 9.46 Å². The molecule has 7 heteroatoms. The molecule has 0 aliphatic heterocycles. The molecule has 21 heavy (non-hydrogen) atoms. The largest absolute Gasteiger partial charge is 0.496 e. The third-order valence-corrected chi connectivity index (χ3v) is 5.09. The molecule has 0 atom stereocenters. The predicted octanol–water partition coefficient (Wildman–Crippen LogP) is 2.64. The number of sulfonamides is 1. The molecule has 2 rings (SSSR count). The van der Waals surface area contributed by atoms with Gasteiger partial charge in [-0.2, -0.15) is 0 Å². The zero-order valence-electron chi connectivity index (χ0n) is 11.6. The lowest BCUT2D eigenvalue weighted by Gasteiger charge is -2.12. The van der Waals surface area contributed by atoms with E-state index in [9.17, 15) is 8.42 Å². The molecule has 1 aromatic carbocycles. The van der Waals surface area contributed by atoms with Crippen LogP contribution in [0.2, 0.25) is 0 Å². The van der Waals surface area contributed by atoms with Gasteiger partial charge >= 0.3 is 0 Å². The normalized spacial score (nSPS) is 11.4. The minimum absolute atomic E-state index is 0.188. The van der Waals surface area contributed by atoms with Crippen LogP contribution in [-0.4, -0.2) is 20.5 Å². The van der Waals surface area contributed by atoms with Gasteiger partial charge in [0, 0.05) is 25.0 Å². The average Bonchev–Trinajstić information content (AvgIpc) is 2.46. The highest BCUT2D eigenvalue weighted by molar-refractivity contribution is 9.10. The maximum absolute atomic E-state index is 12.4. The van der Waals surface area contributed by atoms with Crippen molar-refractivity contribution in [2.75, 3.05) is 7.11 Å². The van der Waals surface area contributed by atoms with E-state index in [1.807, 2.05) is 6.07 Å². The SMILES string of the molecule is COc1cc(S(=O)(=O)NCc2cccnc2)c(C)cc1Br. The zero-order valence-corrected chi connectivity index (χ0v) is 14.0. The molecular weight excluding hydrogens is 356 g/mol. The Labute approximate surface area is 132 Å². The molecule has 1 N–H and O–H groups in total. The second kappa shape index (κ2) is 6.55. The van der Waals surface area contributed by atoms with Crippen molar-refractivity contribution in [3.05, 3.63) is 52.3 Å². The van der Waals surface area contributed by atoms with E-state index in [0.29, 0.717) is 15.8 Å². The number of rotatable bonds is 5. The molecule has 0 spiro atoms. The molecule has 0 aliphatic carbocycles. The van der Waals surface area contributed by atoms with E-state index in [0.717, 1.165) is 5.56 Å². The van der Waals surface area contributed by atoms with Crippen molar-refractivity contribution >= 4 is 26.0 Å². The van der Waals surface area contributed by atoms with Gasteiger partial charge in [-0.05, 0) is 46.1 Å². The third kappa shape index (κ3) is 3.81. The summed E-state index contributed by atoms with van der Waals surface area (Å²) in [5.41, 5.74) is 1.43. The van der Waals surface area contributed by atoms with E-state index in [-0.39, 0.29) is 11.4 Å². The standard InChI is InChI=1S/C14H15BrN2O3S/c1-10-6-12(15)13(20-2)7-14(10)21(18,19)17-9-11-4-3-5-16-8-11/h3-8,17H,9H2,1-2H3. The summed E-state index contributed by atoms with van der Waals surface area (Å²) in [6.07, 6.45) is 3.26. The van der Waals surface area contributed by atoms with Gasteiger partial charge in [-0.3, -0.25) is 4.98 Å². The Hall–Kier alpha value is -1.44. The Morgan fingerprint density at radius 1 is 1.38 bits per heavy atom. The molecule has 0 amide bonds. The number of hydrogen-bond donors (Lipinski definition) is 1. The lowest BCUT2D eigenvalue weighted by atomic mass is 10.2. The zero-order chi connectivity index (χ0) is 15.5.